The van der Waals surface area contributed by atoms with E-state index < -0.39 is 16.4 Å². The molecule has 1 fully saturated rings. The summed E-state index contributed by atoms with van der Waals surface area (Å²) >= 11 is 0. The van der Waals surface area contributed by atoms with Crippen LogP contribution in [0.25, 0.3) is 11.3 Å². The highest BCUT2D eigenvalue weighted by Gasteiger charge is 2.26. The second kappa shape index (κ2) is 9.60. The van der Waals surface area contributed by atoms with Gasteiger partial charge >= 0.3 is 5.69 Å². The normalized spacial score (nSPS) is 14.1. The number of methoxy groups -OCH3 is 1. The Kier molecular flexibility index (Phi) is 6.43. The van der Waals surface area contributed by atoms with Crippen molar-refractivity contribution in [2.75, 3.05) is 30.4 Å². The Morgan fingerprint density at radius 2 is 1.88 bits per heavy atom. The van der Waals surface area contributed by atoms with Crippen LogP contribution in [0.15, 0.2) is 54.9 Å². The number of amides is 1. The maximum absolute atomic E-state index is 13.5. The monoisotopic (exact) mass is 451 g/mol. The molecule has 10 heteroatoms. The number of rotatable bonds is 6. The van der Waals surface area contributed by atoms with Gasteiger partial charge in [-0.05, 0) is 49.2 Å². The quantitative estimate of drug-likeness (QED) is 0.445. The molecule has 0 saturated carbocycles. The number of nitrogens with zero attached hydrogens (tertiary/aromatic N) is 4. The van der Waals surface area contributed by atoms with Gasteiger partial charge in [-0.15, -0.1) is 0 Å². The van der Waals surface area contributed by atoms with Gasteiger partial charge in [-0.3, -0.25) is 14.9 Å². The summed E-state index contributed by atoms with van der Waals surface area (Å²) in [4.78, 5) is 33.6. The Morgan fingerprint density at radius 1 is 1.15 bits per heavy atom. The van der Waals surface area contributed by atoms with E-state index in [4.69, 9.17) is 4.74 Å². The third kappa shape index (κ3) is 5.05. The number of hydrogen-bond donors (Lipinski definition) is 1. The Balaban J connectivity index is 1.38. The van der Waals surface area contributed by atoms with Gasteiger partial charge in [0, 0.05) is 42.4 Å². The van der Waals surface area contributed by atoms with Gasteiger partial charge in [-0.2, -0.15) is 4.39 Å². The van der Waals surface area contributed by atoms with Crippen LogP contribution < -0.4 is 15.0 Å². The van der Waals surface area contributed by atoms with Crippen molar-refractivity contribution in [3.8, 4) is 17.0 Å². The van der Waals surface area contributed by atoms with Crippen molar-refractivity contribution in [1.29, 1.82) is 0 Å². The van der Waals surface area contributed by atoms with Crippen molar-refractivity contribution in [3.05, 3.63) is 70.8 Å². The molecule has 0 atom stereocenters. The van der Waals surface area contributed by atoms with Gasteiger partial charge in [-0.25, -0.2) is 9.97 Å². The van der Waals surface area contributed by atoms with E-state index in [2.05, 4.69) is 20.2 Å². The molecule has 2 heterocycles. The first-order chi connectivity index (χ1) is 15.9. The fourth-order valence-corrected chi connectivity index (χ4v) is 3.79. The van der Waals surface area contributed by atoms with Crippen LogP contribution in [0, 0.1) is 21.8 Å². The standard InChI is InChI=1S/C23H22FN5O4/c1-33-18-5-2-15(3-6-18)20-13-22(26-14-25-20)28-10-8-16(9-11-28)23(30)27-17-4-7-19(24)21(12-17)29(31)32/h2-7,12-14,16H,8-11H2,1H3,(H,27,30). The van der Waals surface area contributed by atoms with Gasteiger partial charge in [-0.1, -0.05) is 0 Å². The van der Waals surface area contributed by atoms with Gasteiger partial charge in [0.1, 0.15) is 17.9 Å². The number of nitro benzene ring substituents is 1. The van der Waals surface area contributed by atoms with E-state index >= 15 is 0 Å². The molecule has 3 aromatic rings. The molecule has 0 aliphatic carbocycles. The minimum atomic E-state index is -0.940. The Hall–Kier alpha value is -4.08. The molecule has 1 amide bonds. The molecule has 33 heavy (non-hydrogen) atoms. The molecule has 9 nitrogen and oxygen atoms in total. The smallest absolute Gasteiger partial charge is 0.306 e. The average Bonchev–Trinajstić information content (AvgIpc) is 2.85. The summed E-state index contributed by atoms with van der Waals surface area (Å²) in [6.07, 6.45) is 2.71. The topological polar surface area (TPSA) is 110 Å². The Bertz CT molecular complexity index is 1160. The molecule has 2 aromatic carbocycles. The summed E-state index contributed by atoms with van der Waals surface area (Å²) in [5.41, 5.74) is 1.28. The molecule has 1 saturated heterocycles. The summed E-state index contributed by atoms with van der Waals surface area (Å²) < 4.78 is 18.7. The summed E-state index contributed by atoms with van der Waals surface area (Å²) in [7, 11) is 1.62. The molecule has 1 aliphatic rings. The van der Waals surface area contributed by atoms with Crippen molar-refractivity contribution in [3.63, 3.8) is 0 Å². The number of nitro groups is 1. The van der Waals surface area contributed by atoms with Crippen molar-refractivity contribution in [2.45, 2.75) is 12.8 Å². The first kappa shape index (κ1) is 22.1. The van der Waals surface area contributed by atoms with E-state index in [1.165, 1.54) is 12.4 Å². The van der Waals surface area contributed by atoms with Crippen LogP contribution in [0.3, 0.4) is 0 Å². The van der Waals surface area contributed by atoms with Crippen molar-refractivity contribution in [1.82, 2.24) is 9.97 Å². The lowest BCUT2D eigenvalue weighted by atomic mass is 9.95. The third-order valence-electron chi connectivity index (χ3n) is 5.64. The zero-order valence-corrected chi connectivity index (χ0v) is 17.9. The maximum atomic E-state index is 13.5. The number of anilines is 2. The third-order valence-corrected chi connectivity index (χ3v) is 5.64. The van der Waals surface area contributed by atoms with E-state index in [1.54, 1.807) is 7.11 Å². The zero-order chi connectivity index (χ0) is 23.4. The highest BCUT2D eigenvalue weighted by Crippen LogP contribution is 2.27. The van der Waals surface area contributed by atoms with Crippen LogP contribution in [0.4, 0.5) is 21.6 Å². The van der Waals surface area contributed by atoms with E-state index in [0.29, 0.717) is 25.9 Å². The Morgan fingerprint density at radius 3 is 2.55 bits per heavy atom. The van der Waals surface area contributed by atoms with Gasteiger partial charge in [0.05, 0.1) is 17.7 Å². The van der Waals surface area contributed by atoms with Crippen LogP contribution in [0.5, 0.6) is 5.75 Å². The first-order valence-electron chi connectivity index (χ1n) is 10.4. The molecule has 1 N–H and O–H groups in total. The summed E-state index contributed by atoms with van der Waals surface area (Å²) in [6.45, 7) is 1.25. The fraction of sp³-hybridized carbons (Fsp3) is 0.261. The minimum absolute atomic E-state index is 0.204. The second-order valence-electron chi connectivity index (χ2n) is 7.66. The van der Waals surface area contributed by atoms with Crippen molar-refractivity contribution < 1.29 is 18.8 Å². The Labute approximate surface area is 189 Å². The van der Waals surface area contributed by atoms with E-state index in [9.17, 15) is 19.3 Å². The number of aromatic nitrogens is 2. The fourth-order valence-electron chi connectivity index (χ4n) is 3.79. The van der Waals surface area contributed by atoms with Gasteiger partial charge in [0.2, 0.25) is 11.7 Å². The highest BCUT2D eigenvalue weighted by atomic mass is 19.1. The predicted octanol–water partition coefficient (Wildman–Crippen LogP) is 4.05. The molecule has 170 valence electrons. The van der Waals surface area contributed by atoms with Crippen LogP contribution in [-0.2, 0) is 4.79 Å². The SMILES string of the molecule is COc1ccc(-c2cc(N3CCC(C(=O)Nc4ccc(F)c([N+](=O)[O-])c4)CC3)ncn2)cc1. The number of carbonyl (C=O) groups excluding carboxylic acids is 1. The summed E-state index contributed by atoms with van der Waals surface area (Å²) in [5, 5.41) is 13.6. The lowest BCUT2D eigenvalue weighted by Gasteiger charge is -2.32. The molecular weight excluding hydrogens is 429 g/mol. The van der Waals surface area contributed by atoms with Crippen molar-refractivity contribution in [2.24, 2.45) is 5.92 Å². The number of hydrogen-bond acceptors (Lipinski definition) is 7. The number of ether oxygens (including phenoxy) is 1. The number of piperidine rings is 1. The summed E-state index contributed by atoms with van der Waals surface area (Å²) in [6, 6.07) is 12.9. The molecule has 1 aromatic heterocycles. The molecular formula is C23H22FN5O4. The molecule has 1 aliphatic heterocycles. The van der Waals surface area contributed by atoms with Crippen molar-refractivity contribution >= 4 is 23.1 Å². The first-order valence-corrected chi connectivity index (χ1v) is 10.4. The van der Waals surface area contributed by atoms with Crippen LogP contribution in [0.2, 0.25) is 0 Å². The number of carbonyl (C=O) groups is 1. The number of halogens is 1. The van der Waals surface area contributed by atoms with E-state index in [0.717, 1.165) is 35.0 Å². The molecule has 4 rings (SSSR count). The van der Waals surface area contributed by atoms with Gasteiger partial charge in [0.15, 0.2) is 0 Å². The zero-order valence-electron chi connectivity index (χ0n) is 17.9. The molecule has 0 unspecified atom stereocenters. The van der Waals surface area contributed by atoms with Gasteiger partial charge in [0.25, 0.3) is 0 Å². The predicted molar refractivity (Wildman–Crippen MR) is 121 cm³/mol. The number of nitrogens with one attached hydrogen (secondary N) is 1. The lowest BCUT2D eigenvalue weighted by Crippen LogP contribution is -2.38. The average molecular weight is 451 g/mol. The van der Waals surface area contributed by atoms with Crippen LogP contribution in [-0.4, -0.2) is 41.0 Å². The van der Waals surface area contributed by atoms with Crippen LogP contribution in [0.1, 0.15) is 12.8 Å². The largest absolute Gasteiger partial charge is 0.497 e. The molecule has 0 spiro atoms. The van der Waals surface area contributed by atoms with Crippen LogP contribution >= 0.6 is 0 Å². The molecule has 0 radical (unpaired) electrons. The lowest BCUT2D eigenvalue weighted by molar-refractivity contribution is -0.387. The van der Waals surface area contributed by atoms with Gasteiger partial charge < -0.3 is 15.0 Å². The van der Waals surface area contributed by atoms with E-state index in [-0.39, 0.29) is 17.5 Å². The summed E-state index contributed by atoms with van der Waals surface area (Å²) in [5.74, 6) is 0.114. The maximum Gasteiger partial charge on any atom is 0.306 e. The second-order valence-corrected chi connectivity index (χ2v) is 7.66. The highest BCUT2D eigenvalue weighted by molar-refractivity contribution is 5.93. The minimum Gasteiger partial charge on any atom is -0.497 e. The van der Waals surface area contributed by atoms with E-state index in [1.807, 2.05) is 30.3 Å². The number of benzene rings is 2. The molecule has 0 bridgehead atoms.